The molecule has 3 atom stereocenters. The van der Waals surface area contributed by atoms with E-state index in [4.69, 9.17) is 5.11 Å². The van der Waals surface area contributed by atoms with Gasteiger partial charge < -0.3 is 5.11 Å². The van der Waals surface area contributed by atoms with Crippen LogP contribution in [0.5, 0.6) is 0 Å². The Morgan fingerprint density at radius 2 is 1.95 bits per heavy atom. The first-order valence-electron chi connectivity index (χ1n) is 6.99. The van der Waals surface area contributed by atoms with E-state index < -0.39 is 11.4 Å². The Kier molecular flexibility index (Phi) is 4.88. The van der Waals surface area contributed by atoms with Gasteiger partial charge in [0.2, 0.25) is 0 Å². The summed E-state index contributed by atoms with van der Waals surface area (Å²) in [5, 5.41) is 8.97. The predicted molar refractivity (Wildman–Crippen MR) is 71.7 cm³/mol. The minimum absolute atomic E-state index is 0.00915. The van der Waals surface area contributed by atoms with Crippen LogP contribution in [-0.2, 0) is 14.4 Å². The molecule has 0 heterocycles. The Bertz CT molecular complexity index is 386. The fraction of sp³-hybridized carbons (Fsp3) is 0.800. The predicted octanol–water partition coefficient (Wildman–Crippen LogP) is 2.70. The van der Waals surface area contributed by atoms with Crippen molar-refractivity contribution in [2.24, 2.45) is 23.2 Å². The molecule has 0 aliphatic heterocycles. The first kappa shape index (κ1) is 15.9. The zero-order valence-electron chi connectivity index (χ0n) is 12.2. The van der Waals surface area contributed by atoms with Gasteiger partial charge in [0, 0.05) is 30.1 Å². The molecule has 0 aromatic carbocycles. The molecule has 19 heavy (non-hydrogen) atoms. The molecule has 108 valence electrons. The topological polar surface area (TPSA) is 71.4 Å². The normalized spacial score (nSPS) is 29.3. The summed E-state index contributed by atoms with van der Waals surface area (Å²) < 4.78 is 0. The summed E-state index contributed by atoms with van der Waals surface area (Å²) in [6.07, 6.45) is 1.46. The second-order valence-electron chi connectivity index (χ2n) is 6.26. The van der Waals surface area contributed by atoms with Gasteiger partial charge in [-0.3, -0.25) is 14.4 Å². The van der Waals surface area contributed by atoms with Crippen LogP contribution in [0, 0.1) is 23.2 Å². The lowest BCUT2D eigenvalue weighted by Gasteiger charge is -2.42. The molecule has 0 spiro atoms. The summed E-state index contributed by atoms with van der Waals surface area (Å²) in [6, 6.07) is 0. The van der Waals surface area contributed by atoms with Gasteiger partial charge in [0.25, 0.3) is 0 Å². The maximum atomic E-state index is 12.5. The highest BCUT2D eigenvalue weighted by Gasteiger charge is 2.48. The third kappa shape index (κ3) is 3.23. The highest BCUT2D eigenvalue weighted by Crippen LogP contribution is 2.46. The van der Waals surface area contributed by atoms with Crippen LogP contribution in [0.15, 0.2) is 0 Å². The maximum Gasteiger partial charge on any atom is 0.303 e. The van der Waals surface area contributed by atoms with Crippen molar-refractivity contribution < 1.29 is 19.5 Å². The number of hydrogen-bond donors (Lipinski definition) is 1. The fourth-order valence-corrected chi connectivity index (χ4v) is 3.11. The first-order valence-corrected chi connectivity index (χ1v) is 6.99. The second kappa shape index (κ2) is 5.85. The summed E-state index contributed by atoms with van der Waals surface area (Å²) in [6.45, 7) is 7.31. The Morgan fingerprint density at radius 1 is 1.37 bits per heavy atom. The van der Waals surface area contributed by atoms with Crippen molar-refractivity contribution >= 4 is 17.5 Å². The molecular formula is C15H24O4. The van der Waals surface area contributed by atoms with Crippen LogP contribution in [0.2, 0.25) is 0 Å². The molecule has 4 heteroatoms. The molecular weight excluding hydrogens is 244 g/mol. The standard InChI is InChI=1S/C15H24O4/c1-9(2)14(19)15(11(4)7-13(17)18)6-5-10(3)12(16)8-15/h9-11H,5-8H2,1-4H3,(H,17,18)/t10-,11-,15+/m1/s1. The summed E-state index contributed by atoms with van der Waals surface area (Å²) in [5.41, 5.74) is -0.768. The number of carboxylic acids is 1. The van der Waals surface area contributed by atoms with Gasteiger partial charge >= 0.3 is 5.97 Å². The van der Waals surface area contributed by atoms with Gasteiger partial charge in [0.05, 0.1) is 0 Å². The molecule has 1 N–H and O–H groups in total. The van der Waals surface area contributed by atoms with Crippen molar-refractivity contribution in [1.29, 1.82) is 0 Å². The molecule has 0 aromatic rings. The van der Waals surface area contributed by atoms with Crippen LogP contribution in [-0.4, -0.2) is 22.6 Å². The van der Waals surface area contributed by atoms with E-state index in [0.29, 0.717) is 12.8 Å². The first-order chi connectivity index (χ1) is 8.70. The number of ketones is 2. The van der Waals surface area contributed by atoms with E-state index in [9.17, 15) is 14.4 Å². The average molecular weight is 268 g/mol. The number of carbonyl (C=O) groups is 3. The number of rotatable bonds is 5. The maximum absolute atomic E-state index is 12.5. The Labute approximate surface area is 114 Å². The van der Waals surface area contributed by atoms with Crippen molar-refractivity contribution in [3.05, 3.63) is 0 Å². The third-order valence-electron chi connectivity index (χ3n) is 4.50. The molecule has 4 nitrogen and oxygen atoms in total. The van der Waals surface area contributed by atoms with Gasteiger partial charge in [0.1, 0.15) is 11.6 Å². The van der Waals surface area contributed by atoms with Crippen molar-refractivity contribution in [2.75, 3.05) is 0 Å². The van der Waals surface area contributed by atoms with Gasteiger partial charge in [-0.1, -0.05) is 27.7 Å². The molecule has 0 amide bonds. The summed E-state index contributed by atoms with van der Waals surface area (Å²) in [7, 11) is 0. The zero-order chi connectivity index (χ0) is 14.8. The van der Waals surface area contributed by atoms with E-state index in [1.54, 1.807) is 6.92 Å². The number of carboxylic acid groups (broad SMARTS) is 1. The highest BCUT2D eigenvalue weighted by atomic mass is 16.4. The van der Waals surface area contributed by atoms with E-state index in [-0.39, 0.29) is 42.2 Å². The number of Topliss-reactive ketones (excluding diaryl/α,β-unsaturated/α-hetero) is 2. The molecule has 1 rings (SSSR count). The molecule has 0 aromatic heterocycles. The van der Waals surface area contributed by atoms with Crippen molar-refractivity contribution in [3.8, 4) is 0 Å². The monoisotopic (exact) mass is 268 g/mol. The SMILES string of the molecule is CC(C)C(=O)[C@@]1([C@H](C)CC(=O)O)CC[C@@H](C)C(=O)C1. The van der Waals surface area contributed by atoms with Crippen LogP contribution < -0.4 is 0 Å². The lowest BCUT2D eigenvalue weighted by molar-refractivity contribution is -0.149. The summed E-state index contributed by atoms with van der Waals surface area (Å²) >= 11 is 0. The zero-order valence-corrected chi connectivity index (χ0v) is 12.2. The Morgan fingerprint density at radius 3 is 2.37 bits per heavy atom. The van der Waals surface area contributed by atoms with Gasteiger partial charge in [-0.25, -0.2) is 0 Å². The summed E-state index contributed by atoms with van der Waals surface area (Å²) in [4.78, 5) is 35.5. The van der Waals surface area contributed by atoms with Gasteiger partial charge in [-0.05, 0) is 18.8 Å². The minimum Gasteiger partial charge on any atom is -0.481 e. The van der Waals surface area contributed by atoms with Gasteiger partial charge in [-0.15, -0.1) is 0 Å². The van der Waals surface area contributed by atoms with E-state index >= 15 is 0 Å². The van der Waals surface area contributed by atoms with Crippen molar-refractivity contribution in [3.63, 3.8) is 0 Å². The second-order valence-corrected chi connectivity index (χ2v) is 6.26. The molecule has 0 saturated heterocycles. The molecule has 1 aliphatic rings. The number of aliphatic carboxylic acids is 1. The lowest BCUT2D eigenvalue weighted by atomic mass is 9.59. The largest absolute Gasteiger partial charge is 0.481 e. The number of carbonyl (C=O) groups excluding carboxylic acids is 2. The molecule has 1 aliphatic carbocycles. The summed E-state index contributed by atoms with van der Waals surface area (Å²) in [5.74, 6) is -1.24. The van der Waals surface area contributed by atoms with E-state index in [1.807, 2.05) is 20.8 Å². The Balaban J connectivity index is 3.07. The Hall–Kier alpha value is -1.19. The fourth-order valence-electron chi connectivity index (χ4n) is 3.11. The quantitative estimate of drug-likeness (QED) is 0.832. The number of hydrogen-bond acceptors (Lipinski definition) is 3. The van der Waals surface area contributed by atoms with Gasteiger partial charge in [-0.2, -0.15) is 0 Å². The lowest BCUT2D eigenvalue weighted by Crippen LogP contribution is -2.46. The third-order valence-corrected chi connectivity index (χ3v) is 4.50. The van der Waals surface area contributed by atoms with E-state index in [1.165, 1.54) is 0 Å². The minimum atomic E-state index is -0.908. The van der Waals surface area contributed by atoms with E-state index in [2.05, 4.69) is 0 Å². The van der Waals surface area contributed by atoms with Crippen LogP contribution in [0.1, 0.15) is 53.4 Å². The van der Waals surface area contributed by atoms with Crippen LogP contribution in [0.25, 0.3) is 0 Å². The van der Waals surface area contributed by atoms with Crippen molar-refractivity contribution in [1.82, 2.24) is 0 Å². The van der Waals surface area contributed by atoms with E-state index in [0.717, 1.165) is 0 Å². The van der Waals surface area contributed by atoms with Crippen LogP contribution >= 0.6 is 0 Å². The molecule has 1 saturated carbocycles. The van der Waals surface area contributed by atoms with Crippen LogP contribution in [0.3, 0.4) is 0 Å². The molecule has 0 radical (unpaired) electrons. The van der Waals surface area contributed by atoms with Gasteiger partial charge in [0.15, 0.2) is 0 Å². The highest BCUT2D eigenvalue weighted by molar-refractivity contribution is 5.94. The molecule has 0 unspecified atom stereocenters. The van der Waals surface area contributed by atoms with Crippen LogP contribution in [0.4, 0.5) is 0 Å². The van der Waals surface area contributed by atoms with Crippen molar-refractivity contribution in [2.45, 2.75) is 53.4 Å². The average Bonchev–Trinajstić information content (AvgIpc) is 2.30. The molecule has 0 bridgehead atoms. The molecule has 1 fully saturated rings. The smallest absolute Gasteiger partial charge is 0.303 e.